The summed E-state index contributed by atoms with van der Waals surface area (Å²) >= 11 is 0. The van der Waals surface area contributed by atoms with E-state index in [2.05, 4.69) is 26.8 Å². The highest BCUT2D eigenvalue weighted by Crippen LogP contribution is 2.66. The van der Waals surface area contributed by atoms with Crippen molar-refractivity contribution >= 4 is 17.5 Å². The normalized spacial score (nSPS) is 41.6. The van der Waals surface area contributed by atoms with Gasteiger partial charge in [-0.25, -0.2) is 0 Å². The van der Waals surface area contributed by atoms with Crippen molar-refractivity contribution in [3.8, 4) is 0 Å². The van der Waals surface area contributed by atoms with Crippen LogP contribution in [0.1, 0.15) is 91.9 Å². The average Bonchev–Trinajstić information content (AvgIpc) is 2.98. The summed E-state index contributed by atoms with van der Waals surface area (Å²) in [6.45, 7) is 8.77. The van der Waals surface area contributed by atoms with Gasteiger partial charge in [0.25, 0.3) is 0 Å². The number of carbonyl (C=O) groups excluding carboxylic acids is 2. The Labute approximate surface area is 187 Å². The standard InChI is InChI=1S/C27H40O4/c1-16(6-5-7-17(2)25(30)31)24-23(29)15-22-20-9-8-18-14-19(28)10-12-26(18,3)21(20)11-13-27(22,24)4/h8,16-17,20-22,24H,5-7,9-15H2,1-4H3,(H,30,31)/t16?,17-,20?,21?,22?,24+,26+,27+/m1/s1. The molecule has 0 aliphatic heterocycles. The van der Waals surface area contributed by atoms with Crippen LogP contribution in [0.2, 0.25) is 0 Å². The molecule has 4 heteroatoms. The van der Waals surface area contributed by atoms with E-state index in [1.54, 1.807) is 6.92 Å². The number of aliphatic carboxylic acids is 1. The number of carboxylic acids is 1. The first kappa shape index (κ1) is 22.7. The average molecular weight is 429 g/mol. The Morgan fingerprint density at radius 1 is 1.16 bits per heavy atom. The second-order valence-electron chi connectivity index (χ2n) is 11.8. The molecule has 4 aliphatic carbocycles. The van der Waals surface area contributed by atoms with E-state index in [4.69, 9.17) is 5.11 Å². The smallest absolute Gasteiger partial charge is 0.306 e. The second kappa shape index (κ2) is 8.15. The lowest BCUT2D eigenvalue weighted by Gasteiger charge is -2.57. The number of allylic oxidation sites excluding steroid dienone is 2. The number of carboxylic acid groups (broad SMARTS) is 1. The Kier molecular flexibility index (Phi) is 5.98. The van der Waals surface area contributed by atoms with E-state index in [1.165, 1.54) is 12.0 Å². The second-order valence-corrected chi connectivity index (χ2v) is 11.8. The van der Waals surface area contributed by atoms with E-state index in [0.717, 1.165) is 38.5 Å². The van der Waals surface area contributed by atoms with Gasteiger partial charge in [-0.15, -0.1) is 0 Å². The summed E-state index contributed by atoms with van der Waals surface area (Å²) in [4.78, 5) is 36.5. The van der Waals surface area contributed by atoms with Gasteiger partial charge in [-0.2, -0.15) is 0 Å². The first-order valence-corrected chi connectivity index (χ1v) is 12.5. The Morgan fingerprint density at radius 3 is 2.61 bits per heavy atom. The number of rotatable bonds is 6. The quantitative estimate of drug-likeness (QED) is 0.539. The maximum Gasteiger partial charge on any atom is 0.306 e. The van der Waals surface area contributed by atoms with Crippen LogP contribution in [0.3, 0.4) is 0 Å². The van der Waals surface area contributed by atoms with Crippen molar-refractivity contribution in [2.24, 2.45) is 46.3 Å². The van der Waals surface area contributed by atoms with Gasteiger partial charge in [0, 0.05) is 25.2 Å². The minimum absolute atomic E-state index is 0.0717. The van der Waals surface area contributed by atoms with Crippen LogP contribution in [-0.2, 0) is 14.4 Å². The third-order valence-corrected chi connectivity index (χ3v) is 10.1. The molecule has 0 bridgehead atoms. The van der Waals surface area contributed by atoms with E-state index in [0.29, 0.717) is 54.5 Å². The van der Waals surface area contributed by atoms with Crippen molar-refractivity contribution in [2.75, 3.05) is 0 Å². The molecule has 172 valence electrons. The number of ketones is 2. The molecule has 4 rings (SSSR count). The number of Topliss-reactive ketones (excluding diaryl/α,β-unsaturated/α-hetero) is 2. The molecule has 4 aliphatic rings. The molecule has 0 amide bonds. The Bertz CT molecular complexity index is 797. The fourth-order valence-corrected chi connectivity index (χ4v) is 8.31. The van der Waals surface area contributed by atoms with Gasteiger partial charge in [0.1, 0.15) is 11.6 Å². The van der Waals surface area contributed by atoms with Crippen LogP contribution < -0.4 is 0 Å². The molecule has 31 heavy (non-hydrogen) atoms. The summed E-state index contributed by atoms with van der Waals surface area (Å²) < 4.78 is 0. The summed E-state index contributed by atoms with van der Waals surface area (Å²) in [5.41, 5.74) is 1.61. The Balaban J connectivity index is 1.50. The van der Waals surface area contributed by atoms with Crippen LogP contribution in [-0.4, -0.2) is 22.6 Å². The van der Waals surface area contributed by atoms with Crippen LogP contribution in [0, 0.1) is 46.3 Å². The van der Waals surface area contributed by atoms with Gasteiger partial charge in [0.15, 0.2) is 0 Å². The third kappa shape index (κ3) is 3.72. The fraction of sp³-hybridized carbons (Fsp3) is 0.815. The highest BCUT2D eigenvalue weighted by Gasteiger charge is 2.61. The van der Waals surface area contributed by atoms with Crippen LogP contribution in [0.5, 0.6) is 0 Å². The van der Waals surface area contributed by atoms with Crippen molar-refractivity contribution < 1.29 is 19.5 Å². The predicted molar refractivity (Wildman–Crippen MR) is 120 cm³/mol. The monoisotopic (exact) mass is 428 g/mol. The number of fused-ring (bicyclic) bond motifs is 5. The molecule has 3 saturated carbocycles. The molecule has 4 unspecified atom stereocenters. The van der Waals surface area contributed by atoms with Gasteiger partial charge in [0.05, 0.1) is 5.92 Å². The van der Waals surface area contributed by atoms with E-state index in [-0.39, 0.29) is 22.7 Å². The van der Waals surface area contributed by atoms with Gasteiger partial charge < -0.3 is 5.11 Å². The minimum Gasteiger partial charge on any atom is -0.481 e. The van der Waals surface area contributed by atoms with E-state index in [9.17, 15) is 14.4 Å². The Morgan fingerprint density at radius 2 is 1.90 bits per heavy atom. The first-order chi connectivity index (χ1) is 14.6. The van der Waals surface area contributed by atoms with Crippen molar-refractivity contribution in [3.63, 3.8) is 0 Å². The van der Waals surface area contributed by atoms with Crippen molar-refractivity contribution in [1.82, 2.24) is 0 Å². The van der Waals surface area contributed by atoms with Crippen molar-refractivity contribution in [2.45, 2.75) is 91.9 Å². The van der Waals surface area contributed by atoms with Crippen LogP contribution in [0.4, 0.5) is 0 Å². The molecule has 0 heterocycles. The van der Waals surface area contributed by atoms with Crippen molar-refractivity contribution in [1.29, 1.82) is 0 Å². The van der Waals surface area contributed by atoms with Gasteiger partial charge in [0.2, 0.25) is 0 Å². The molecule has 3 fully saturated rings. The highest BCUT2D eigenvalue weighted by atomic mass is 16.4. The summed E-state index contributed by atoms with van der Waals surface area (Å²) in [5.74, 6) is 1.87. The minimum atomic E-state index is -0.724. The zero-order chi connectivity index (χ0) is 22.6. The molecule has 0 saturated heterocycles. The molecule has 0 aromatic heterocycles. The lowest BCUT2D eigenvalue weighted by Crippen LogP contribution is -2.50. The molecule has 1 N–H and O–H groups in total. The molecule has 0 radical (unpaired) electrons. The summed E-state index contributed by atoms with van der Waals surface area (Å²) in [7, 11) is 0. The summed E-state index contributed by atoms with van der Waals surface area (Å²) in [5, 5.41) is 9.15. The number of carbonyl (C=O) groups is 3. The molecule has 0 spiro atoms. The topological polar surface area (TPSA) is 71.4 Å². The maximum atomic E-state index is 13.3. The molecular weight excluding hydrogens is 388 g/mol. The van der Waals surface area contributed by atoms with Crippen LogP contribution in [0.15, 0.2) is 11.6 Å². The van der Waals surface area contributed by atoms with E-state index < -0.39 is 5.97 Å². The first-order valence-electron chi connectivity index (χ1n) is 12.5. The maximum absolute atomic E-state index is 13.3. The number of hydrogen-bond acceptors (Lipinski definition) is 3. The molecule has 8 atom stereocenters. The third-order valence-electron chi connectivity index (χ3n) is 10.1. The van der Waals surface area contributed by atoms with Gasteiger partial charge in [-0.1, -0.05) is 45.8 Å². The lowest BCUT2D eigenvalue weighted by molar-refractivity contribution is -0.141. The predicted octanol–water partition coefficient (Wildman–Crippen LogP) is 5.84. The molecule has 0 aromatic rings. The highest BCUT2D eigenvalue weighted by molar-refractivity contribution is 5.85. The molecular formula is C27H40O4. The van der Waals surface area contributed by atoms with Crippen LogP contribution >= 0.6 is 0 Å². The molecule has 0 aromatic carbocycles. The molecule has 4 nitrogen and oxygen atoms in total. The zero-order valence-corrected chi connectivity index (χ0v) is 19.8. The van der Waals surface area contributed by atoms with Gasteiger partial charge in [-0.05, 0) is 73.0 Å². The fourth-order valence-electron chi connectivity index (χ4n) is 8.31. The van der Waals surface area contributed by atoms with E-state index >= 15 is 0 Å². The van der Waals surface area contributed by atoms with E-state index in [1.807, 2.05) is 0 Å². The SMILES string of the molecule is CC(CCC[C@@H](C)C(=O)O)[C@H]1C(=O)CC2C3CC=C4CC(=O)CC[C@]4(C)C3CC[C@@]21C. The largest absolute Gasteiger partial charge is 0.481 e. The van der Waals surface area contributed by atoms with Crippen LogP contribution in [0.25, 0.3) is 0 Å². The van der Waals surface area contributed by atoms with Crippen molar-refractivity contribution in [3.05, 3.63) is 11.6 Å². The Hall–Kier alpha value is -1.45. The lowest BCUT2D eigenvalue weighted by atomic mass is 9.47. The van der Waals surface area contributed by atoms with Gasteiger partial charge in [-0.3, -0.25) is 14.4 Å². The zero-order valence-electron chi connectivity index (χ0n) is 19.8. The number of hydrogen-bond donors (Lipinski definition) is 1. The summed E-state index contributed by atoms with van der Waals surface area (Å²) in [6.07, 6.45) is 11.3. The summed E-state index contributed by atoms with van der Waals surface area (Å²) in [6, 6.07) is 0. The van der Waals surface area contributed by atoms with Gasteiger partial charge >= 0.3 is 5.97 Å².